The molecule has 0 N–H and O–H groups in total. The fourth-order valence-electron chi connectivity index (χ4n) is 2.80. The summed E-state index contributed by atoms with van der Waals surface area (Å²) in [4.78, 5) is 2.15. The van der Waals surface area contributed by atoms with Crippen LogP contribution < -0.4 is 0 Å². The highest BCUT2D eigenvalue weighted by Gasteiger charge is 2.32. The van der Waals surface area contributed by atoms with Crippen molar-refractivity contribution < 1.29 is 13.6 Å². The highest BCUT2D eigenvalue weighted by Crippen LogP contribution is 2.54. The van der Waals surface area contributed by atoms with Crippen molar-refractivity contribution in [3.63, 3.8) is 0 Å². The van der Waals surface area contributed by atoms with Gasteiger partial charge in [-0.3, -0.25) is 13.4 Å². The van der Waals surface area contributed by atoms with Gasteiger partial charge >= 0.3 is 7.75 Å². The van der Waals surface area contributed by atoms with Gasteiger partial charge in [0.25, 0.3) is 0 Å². The van der Waals surface area contributed by atoms with Crippen molar-refractivity contribution in [1.82, 2.24) is 9.24 Å². The van der Waals surface area contributed by atoms with Crippen LogP contribution in [-0.4, -0.2) is 42.1 Å². The highest BCUT2D eigenvalue weighted by atomic mass is 31.2. The first-order chi connectivity index (χ1) is 11.6. The molecule has 1 aromatic carbocycles. The van der Waals surface area contributed by atoms with Gasteiger partial charge in [0.15, 0.2) is 0 Å². The maximum Gasteiger partial charge on any atom is 0.439 e. The Hall–Kier alpha value is -1.13. The van der Waals surface area contributed by atoms with Crippen LogP contribution in [0.5, 0.6) is 0 Å². The van der Waals surface area contributed by atoms with E-state index in [0.29, 0.717) is 0 Å². The molecule has 0 bridgehead atoms. The van der Waals surface area contributed by atoms with E-state index in [4.69, 9.17) is 9.05 Å². The molecule has 0 fully saturated rings. The van der Waals surface area contributed by atoms with Crippen molar-refractivity contribution in [3.8, 4) is 0 Å². The summed E-state index contributed by atoms with van der Waals surface area (Å²) in [5, 5.41) is 1.11. The van der Waals surface area contributed by atoms with E-state index in [-0.39, 0.29) is 12.2 Å². The molecule has 5 nitrogen and oxygen atoms in total. The van der Waals surface area contributed by atoms with Crippen molar-refractivity contribution in [2.24, 2.45) is 0 Å². The van der Waals surface area contributed by atoms with E-state index in [9.17, 15) is 4.57 Å². The Kier molecular flexibility index (Phi) is 6.50. The topological polar surface area (TPSA) is 43.7 Å². The molecule has 0 atom stereocenters. The van der Waals surface area contributed by atoms with E-state index in [0.717, 1.165) is 29.4 Å². The standard InChI is InChI=1S/C19H31N2O3P/c1-14(2)23-25(22,24-15(3)4)21-13-17(10-11-20(6)7)18-12-16(5)8-9-19(18)21/h8-9,12-15H,10-11H2,1-7H3. The van der Waals surface area contributed by atoms with Crippen LogP contribution in [-0.2, 0) is 20.0 Å². The van der Waals surface area contributed by atoms with Gasteiger partial charge in [0.05, 0.1) is 17.7 Å². The number of aryl methyl sites for hydroxylation is 1. The third-order valence-electron chi connectivity index (χ3n) is 3.80. The summed E-state index contributed by atoms with van der Waals surface area (Å²) in [6.07, 6.45) is 2.43. The maximum atomic E-state index is 13.6. The molecule has 0 spiro atoms. The molecule has 1 heterocycles. The van der Waals surface area contributed by atoms with Crippen LogP contribution in [0.15, 0.2) is 24.4 Å². The van der Waals surface area contributed by atoms with Crippen LogP contribution in [0.1, 0.15) is 38.8 Å². The number of hydrogen-bond acceptors (Lipinski definition) is 4. The molecule has 140 valence electrons. The molecular weight excluding hydrogens is 335 g/mol. The summed E-state index contributed by atoms with van der Waals surface area (Å²) in [5.41, 5.74) is 3.23. The van der Waals surface area contributed by atoms with Gasteiger partial charge in [0.2, 0.25) is 0 Å². The second-order valence-electron chi connectivity index (χ2n) is 7.35. The third kappa shape index (κ3) is 4.95. The highest BCUT2D eigenvalue weighted by molar-refractivity contribution is 7.52. The van der Waals surface area contributed by atoms with E-state index in [1.54, 1.807) is 4.34 Å². The summed E-state index contributed by atoms with van der Waals surface area (Å²) >= 11 is 0. The molecule has 0 saturated heterocycles. The van der Waals surface area contributed by atoms with E-state index >= 15 is 0 Å². The first-order valence-corrected chi connectivity index (χ1v) is 10.3. The first kappa shape index (κ1) is 20.2. The number of rotatable bonds is 8. The molecule has 2 aromatic rings. The van der Waals surface area contributed by atoms with Crippen molar-refractivity contribution in [3.05, 3.63) is 35.5 Å². The average molecular weight is 366 g/mol. The van der Waals surface area contributed by atoms with Gasteiger partial charge in [-0.25, -0.2) is 4.57 Å². The van der Waals surface area contributed by atoms with E-state index in [1.165, 1.54) is 5.56 Å². The van der Waals surface area contributed by atoms with Crippen molar-refractivity contribution in [2.45, 2.75) is 53.2 Å². The quantitative estimate of drug-likeness (QED) is 0.626. The zero-order chi connectivity index (χ0) is 18.8. The van der Waals surface area contributed by atoms with Crippen LogP contribution in [0.2, 0.25) is 0 Å². The van der Waals surface area contributed by atoms with Gasteiger partial charge in [0, 0.05) is 18.1 Å². The number of likely N-dealkylation sites (N-methyl/N-ethyl adjacent to an activating group) is 1. The van der Waals surface area contributed by atoms with Gasteiger partial charge in [-0.05, 0) is 72.8 Å². The Morgan fingerprint density at radius 3 is 2.24 bits per heavy atom. The summed E-state index contributed by atoms with van der Waals surface area (Å²) < 4.78 is 26.9. The Balaban J connectivity index is 2.59. The Labute approximate surface area is 151 Å². The monoisotopic (exact) mass is 366 g/mol. The fourth-order valence-corrected chi connectivity index (χ4v) is 4.84. The predicted molar refractivity (Wildman–Crippen MR) is 104 cm³/mol. The zero-order valence-electron chi connectivity index (χ0n) is 16.4. The number of hydrogen-bond donors (Lipinski definition) is 0. The Bertz CT molecular complexity index is 751. The average Bonchev–Trinajstić information content (AvgIpc) is 2.82. The van der Waals surface area contributed by atoms with Crippen LogP contribution >= 0.6 is 7.75 Å². The van der Waals surface area contributed by atoms with Crippen LogP contribution in [0.25, 0.3) is 10.9 Å². The minimum Gasteiger partial charge on any atom is -0.309 e. The molecule has 0 aliphatic heterocycles. The zero-order valence-corrected chi connectivity index (χ0v) is 17.3. The van der Waals surface area contributed by atoms with Crippen molar-refractivity contribution >= 4 is 18.6 Å². The van der Waals surface area contributed by atoms with Crippen molar-refractivity contribution in [1.29, 1.82) is 0 Å². The van der Waals surface area contributed by atoms with Crippen LogP contribution in [0.4, 0.5) is 0 Å². The minimum absolute atomic E-state index is 0.197. The predicted octanol–water partition coefficient (Wildman–Crippen LogP) is 4.86. The van der Waals surface area contributed by atoms with Crippen LogP contribution in [0.3, 0.4) is 0 Å². The number of fused-ring (bicyclic) bond motifs is 1. The maximum absolute atomic E-state index is 13.6. The Morgan fingerprint density at radius 1 is 1.12 bits per heavy atom. The number of nitrogens with zero attached hydrogens (tertiary/aromatic N) is 2. The van der Waals surface area contributed by atoms with Gasteiger partial charge in [-0.1, -0.05) is 11.6 Å². The lowest BCUT2D eigenvalue weighted by Gasteiger charge is -2.24. The first-order valence-electron chi connectivity index (χ1n) is 8.85. The fraction of sp³-hybridized carbons (Fsp3) is 0.579. The molecule has 2 rings (SSSR count). The lowest BCUT2D eigenvalue weighted by Crippen LogP contribution is -2.15. The normalized spacial score (nSPS) is 12.9. The smallest absolute Gasteiger partial charge is 0.309 e. The minimum atomic E-state index is -3.47. The number of benzene rings is 1. The summed E-state index contributed by atoms with van der Waals surface area (Å²) in [7, 11) is 0.641. The van der Waals surface area contributed by atoms with Gasteiger partial charge in [-0.15, -0.1) is 0 Å². The van der Waals surface area contributed by atoms with Crippen LogP contribution in [0, 0.1) is 6.92 Å². The summed E-state index contributed by atoms with van der Waals surface area (Å²) in [5.74, 6) is 0. The molecule has 25 heavy (non-hydrogen) atoms. The second-order valence-corrected chi connectivity index (χ2v) is 9.14. The molecular formula is C19H31N2O3P. The SMILES string of the molecule is Cc1ccc2c(c1)c(CCN(C)C)cn2P(=O)(OC(C)C)OC(C)C. The lowest BCUT2D eigenvalue weighted by molar-refractivity contribution is 0.137. The van der Waals surface area contributed by atoms with Gasteiger partial charge < -0.3 is 4.90 Å². The molecule has 0 aliphatic carbocycles. The largest absolute Gasteiger partial charge is 0.439 e. The molecule has 0 aliphatic rings. The molecule has 0 unspecified atom stereocenters. The van der Waals surface area contributed by atoms with E-state index in [2.05, 4.69) is 32.0 Å². The molecule has 0 saturated carbocycles. The van der Waals surface area contributed by atoms with Gasteiger partial charge in [-0.2, -0.15) is 0 Å². The molecule has 0 radical (unpaired) electrons. The second kappa shape index (κ2) is 8.05. The number of aromatic nitrogens is 1. The third-order valence-corrected chi connectivity index (χ3v) is 6.04. The molecule has 1 aromatic heterocycles. The Morgan fingerprint density at radius 2 is 1.72 bits per heavy atom. The molecule has 6 heteroatoms. The summed E-state index contributed by atoms with van der Waals surface area (Å²) in [6, 6.07) is 6.18. The lowest BCUT2D eigenvalue weighted by atomic mass is 10.1. The van der Waals surface area contributed by atoms with E-state index < -0.39 is 7.75 Å². The van der Waals surface area contributed by atoms with Gasteiger partial charge in [0.1, 0.15) is 0 Å². The van der Waals surface area contributed by atoms with Crippen molar-refractivity contribution in [2.75, 3.05) is 20.6 Å². The van der Waals surface area contributed by atoms with E-state index in [1.807, 2.05) is 46.0 Å². The molecule has 0 amide bonds. The summed E-state index contributed by atoms with van der Waals surface area (Å²) in [6.45, 7) is 10.5.